The Morgan fingerprint density at radius 1 is 1.22 bits per heavy atom. The lowest BCUT2D eigenvalue weighted by atomic mass is 10.2. The first-order valence-corrected chi connectivity index (χ1v) is 6.25. The lowest BCUT2D eigenvalue weighted by Crippen LogP contribution is -2.09. The number of nitrogens with zero attached hydrogens (tertiary/aromatic N) is 1. The van der Waals surface area contributed by atoms with Crippen LogP contribution in [0.1, 0.15) is 10.4 Å². The van der Waals surface area contributed by atoms with E-state index in [1.54, 1.807) is 49.7 Å². The van der Waals surface area contributed by atoms with Gasteiger partial charge in [0.25, 0.3) is 0 Å². The van der Waals surface area contributed by atoms with Gasteiger partial charge in [0.05, 0.1) is 12.7 Å². The van der Waals surface area contributed by atoms with Crippen LogP contribution < -0.4 is 9.47 Å². The van der Waals surface area contributed by atoms with Gasteiger partial charge in [-0.1, -0.05) is 0 Å². The van der Waals surface area contributed by atoms with Crippen LogP contribution >= 0.6 is 22.6 Å². The Morgan fingerprint density at radius 3 is 2.56 bits per heavy atom. The molecule has 1 aromatic heterocycles. The monoisotopic (exact) mass is 355 g/mol. The Bertz CT molecular complexity index is 554. The first-order valence-electron chi connectivity index (χ1n) is 5.17. The summed E-state index contributed by atoms with van der Waals surface area (Å²) >= 11 is 2.02. The van der Waals surface area contributed by atoms with Gasteiger partial charge >= 0.3 is 5.97 Å². The number of halogens is 1. The van der Waals surface area contributed by atoms with Crippen molar-refractivity contribution in [1.82, 2.24) is 4.98 Å². The molecule has 2 rings (SSSR count). The highest BCUT2D eigenvalue weighted by Crippen LogP contribution is 2.19. The number of carbonyl (C=O) groups is 1. The molecule has 0 saturated heterocycles. The van der Waals surface area contributed by atoms with Gasteiger partial charge in [0.2, 0.25) is 0 Å². The zero-order chi connectivity index (χ0) is 13.0. The van der Waals surface area contributed by atoms with Crippen molar-refractivity contribution in [3.8, 4) is 11.5 Å². The number of esters is 1. The smallest absolute Gasteiger partial charge is 0.343 e. The lowest BCUT2D eigenvalue weighted by Gasteiger charge is -2.06. The minimum Gasteiger partial charge on any atom is -0.497 e. The number of hydrogen-bond acceptors (Lipinski definition) is 4. The summed E-state index contributed by atoms with van der Waals surface area (Å²) in [6.07, 6.45) is 1.65. The number of aromatic nitrogens is 1. The van der Waals surface area contributed by atoms with E-state index in [2.05, 4.69) is 4.98 Å². The molecule has 5 heteroatoms. The van der Waals surface area contributed by atoms with E-state index >= 15 is 0 Å². The van der Waals surface area contributed by atoms with Crippen LogP contribution in [0.2, 0.25) is 0 Å². The number of ether oxygens (including phenoxy) is 2. The fraction of sp³-hybridized carbons (Fsp3) is 0.0769. The SMILES string of the molecule is COc1ccc(C(=O)Oc2cccnc2I)cc1. The van der Waals surface area contributed by atoms with Gasteiger partial charge in [0.15, 0.2) is 5.75 Å². The molecule has 1 heterocycles. The van der Waals surface area contributed by atoms with Gasteiger partial charge in [-0.25, -0.2) is 9.78 Å². The summed E-state index contributed by atoms with van der Waals surface area (Å²) in [6, 6.07) is 10.2. The molecule has 2 aromatic rings. The van der Waals surface area contributed by atoms with E-state index in [1.165, 1.54) is 0 Å². The van der Waals surface area contributed by atoms with Crippen molar-refractivity contribution >= 4 is 28.6 Å². The van der Waals surface area contributed by atoms with Crippen molar-refractivity contribution in [2.45, 2.75) is 0 Å². The van der Waals surface area contributed by atoms with Crippen molar-refractivity contribution in [2.24, 2.45) is 0 Å². The normalized spacial score (nSPS) is 9.89. The second-order valence-electron chi connectivity index (χ2n) is 3.41. The summed E-state index contributed by atoms with van der Waals surface area (Å²) in [7, 11) is 1.57. The van der Waals surface area contributed by atoms with Crippen LogP contribution in [0.15, 0.2) is 42.6 Å². The van der Waals surface area contributed by atoms with Gasteiger partial charge in [0.1, 0.15) is 9.45 Å². The molecule has 0 spiro atoms. The summed E-state index contributed by atoms with van der Waals surface area (Å²) < 4.78 is 10.9. The molecule has 0 fully saturated rings. The Balaban J connectivity index is 2.14. The van der Waals surface area contributed by atoms with E-state index in [1.807, 2.05) is 22.6 Å². The minimum atomic E-state index is -0.413. The Kier molecular flexibility index (Phi) is 4.14. The third kappa shape index (κ3) is 2.98. The Morgan fingerprint density at radius 2 is 1.94 bits per heavy atom. The highest BCUT2D eigenvalue weighted by Gasteiger charge is 2.10. The maximum Gasteiger partial charge on any atom is 0.343 e. The van der Waals surface area contributed by atoms with E-state index in [0.29, 0.717) is 20.8 Å². The summed E-state index contributed by atoms with van der Waals surface area (Å²) in [4.78, 5) is 15.9. The van der Waals surface area contributed by atoms with Crippen LogP contribution in [0.25, 0.3) is 0 Å². The Labute approximate surface area is 118 Å². The van der Waals surface area contributed by atoms with Gasteiger partial charge < -0.3 is 9.47 Å². The van der Waals surface area contributed by atoms with Gasteiger partial charge in [-0.15, -0.1) is 0 Å². The lowest BCUT2D eigenvalue weighted by molar-refractivity contribution is 0.0732. The average molecular weight is 355 g/mol. The zero-order valence-electron chi connectivity index (χ0n) is 9.59. The molecule has 92 valence electrons. The van der Waals surface area contributed by atoms with Crippen LogP contribution in [0.5, 0.6) is 11.5 Å². The molecule has 1 aromatic carbocycles. The molecule has 4 nitrogen and oxygen atoms in total. The second kappa shape index (κ2) is 5.81. The summed E-state index contributed by atoms with van der Waals surface area (Å²) in [5.74, 6) is 0.741. The predicted molar refractivity (Wildman–Crippen MR) is 74.9 cm³/mol. The van der Waals surface area contributed by atoms with Crippen molar-refractivity contribution in [3.05, 3.63) is 51.9 Å². The molecule has 0 saturated carbocycles. The van der Waals surface area contributed by atoms with E-state index < -0.39 is 5.97 Å². The average Bonchev–Trinajstić information content (AvgIpc) is 2.41. The van der Waals surface area contributed by atoms with E-state index in [0.717, 1.165) is 0 Å². The third-order valence-electron chi connectivity index (χ3n) is 2.25. The first kappa shape index (κ1) is 12.8. The largest absolute Gasteiger partial charge is 0.497 e. The van der Waals surface area contributed by atoms with Gasteiger partial charge in [-0.05, 0) is 59.0 Å². The van der Waals surface area contributed by atoms with Gasteiger partial charge in [-0.3, -0.25) is 0 Å². The van der Waals surface area contributed by atoms with Crippen molar-refractivity contribution in [2.75, 3.05) is 7.11 Å². The van der Waals surface area contributed by atoms with Crippen molar-refractivity contribution in [1.29, 1.82) is 0 Å². The highest BCUT2D eigenvalue weighted by molar-refractivity contribution is 14.1. The third-order valence-corrected chi connectivity index (χ3v) is 3.06. The predicted octanol–water partition coefficient (Wildman–Crippen LogP) is 2.91. The van der Waals surface area contributed by atoms with Crippen LogP contribution in [-0.4, -0.2) is 18.1 Å². The van der Waals surface area contributed by atoms with E-state index in [-0.39, 0.29) is 0 Å². The molecule has 0 aliphatic rings. The van der Waals surface area contributed by atoms with Gasteiger partial charge in [-0.2, -0.15) is 0 Å². The van der Waals surface area contributed by atoms with Crippen LogP contribution in [0.3, 0.4) is 0 Å². The molecule has 0 radical (unpaired) electrons. The maximum absolute atomic E-state index is 11.9. The zero-order valence-corrected chi connectivity index (χ0v) is 11.7. The number of methoxy groups -OCH3 is 1. The van der Waals surface area contributed by atoms with Crippen LogP contribution in [-0.2, 0) is 0 Å². The van der Waals surface area contributed by atoms with E-state index in [4.69, 9.17) is 9.47 Å². The molecule has 0 atom stereocenters. The van der Waals surface area contributed by atoms with Crippen LogP contribution in [0.4, 0.5) is 0 Å². The molecular formula is C13H10INO3. The second-order valence-corrected chi connectivity index (χ2v) is 4.43. The van der Waals surface area contributed by atoms with Gasteiger partial charge in [0, 0.05) is 6.20 Å². The summed E-state index contributed by atoms with van der Waals surface area (Å²) in [5, 5.41) is 0. The topological polar surface area (TPSA) is 48.4 Å². The van der Waals surface area contributed by atoms with Crippen molar-refractivity contribution < 1.29 is 14.3 Å². The molecule has 0 amide bonds. The molecule has 0 aliphatic carbocycles. The molecule has 0 bridgehead atoms. The molecule has 18 heavy (non-hydrogen) atoms. The fourth-order valence-electron chi connectivity index (χ4n) is 1.33. The molecular weight excluding hydrogens is 345 g/mol. The first-order chi connectivity index (χ1) is 8.70. The number of benzene rings is 1. The van der Waals surface area contributed by atoms with Crippen LogP contribution in [0, 0.1) is 3.70 Å². The fourth-order valence-corrected chi connectivity index (χ4v) is 1.78. The minimum absolute atomic E-state index is 0.413. The summed E-state index contributed by atoms with van der Waals surface area (Å²) in [6.45, 7) is 0. The Hall–Kier alpha value is -1.63. The molecule has 0 unspecified atom stereocenters. The van der Waals surface area contributed by atoms with E-state index in [9.17, 15) is 4.79 Å². The standard InChI is InChI=1S/C13H10INO3/c1-17-10-6-4-9(5-7-10)13(16)18-11-3-2-8-15-12(11)14/h2-8H,1H3. The molecule has 0 aliphatic heterocycles. The molecule has 0 N–H and O–H groups in total. The highest BCUT2D eigenvalue weighted by atomic mass is 127. The maximum atomic E-state index is 11.9. The quantitative estimate of drug-likeness (QED) is 0.483. The number of hydrogen-bond donors (Lipinski definition) is 0. The number of rotatable bonds is 3. The van der Waals surface area contributed by atoms with Crippen molar-refractivity contribution in [3.63, 3.8) is 0 Å². The summed E-state index contributed by atoms with van der Waals surface area (Å²) in [5.41, 5.74) is 0.468. The number of pyridine rings is 1. The number of carbonyl (C=O) groups excluding carboxylic acids is 1.